The van der Waals surface area contributed by atoms with Crippen molar-refractivity contribution in [3.8, 4) is 11.5 Å². The van der Waals surface area contributed by atoms with Crippen molar-refractivity contribution in [2.75, 3.05) is 7.11 Å². The normalized spacial score (nSPS) is 11.9. The van der Waals surface area contributed by atoms with Crippen molar-refractivity contribution >= 4 is 11.5 Å². The zero-order valence-electron chi connectivity index (χ0n) is 10.2. The highest BCUT2D eigenvalue weighted by Gasteiger charge is 2.13. The van der Waals surface area contributed by atoms with Crippen molar-refractivity contribution in [1.29, 1.82) is 0 Å². The Labute approximate surface area is 100 Å². The van der Waals surface area contributed by atoms with E-state index < -0.39 is 5.97 Å². The summed E-state index contributed by atoms with van der Waals surface area (Å²) in [7, 11) is 1.51. The van der Waals surface area contributed by atoms with Gasteiger partial charge in [-0.3, -0.25) is 0 Å². The molecule has 0 heterocycles. The Morgan fingerprint density at radius 2 is 2.06 bits per heavy atom. The zero-order valence-corrected chi connectivity index (χ0v) is 10.2. The van der Waals surface area contributed by atoms with Crippen molar-refractivity contribution in [1.82, 2.24) is 0 Å². The lowest BCUT2D eigenvalue weighted by Gasteiger charge is -2.11. The van der Waals surface area contributed by atoms with E-state index in [-0.39, 0.29) is 11.3 Å². The Balaban J connectivity index is 3.32. The third-order valence-electron chi connectivity index (χ3n) is 2.66. The summed E-state index contributed by atoms with van der Waals surface area (Å²) in [6.45, 7) is 3.39. The lowest BCUT2D eigenvalue weighted by atomic mass is 9.97. The number of ether oxygens (including phenoxy) is 1. The molecule has 0 aliphatic rings. The molecule has 0 bridgehead atoms. The molecule has 17 heavy (non-hydrogen) atoms. The highest BCUT2D eigenvalue weighted by molar-refractivity contribution is 5.96. The molecule has 0 fully saturated rings. The van der Waals surface area contributed by atoms with E-state index in [0.717, 1.165) is 0 Å². The maximum absolute atomic E-state index is 10.9. The minimum absolute atomic E-state index is 0.0294. The van der Waals surface area contributed by atoms with Gasteiger partial charge in [-0.2, -0.15) is 0 Å². The van der Waals surface area contributed by atoms with Crippen LogP contribution in [-0.2, 0) is 4.79 Å². The molecule has 0 saturated heterocycles. The molecule has 2 N–H and O–H groups in total. The van der Waals surface area contributed by atoms with E-state index in [9.17, 15) is 9.90 Å². The maximum atomic E-state index is 10.9. The van der Waals surface area contributed by atoms with Gasteiger partial charge in [-0.25, -0.2) is 4.79 Å². The van der Waals surface area contributed by atoms with Gasteiger partial charge in [0.2, 0.25) is 0 Å². The number of methoxy groups -OCH3 is 1. The molecule has 0 aliphatic carbocycles. The summed E-state index contributed by atoms with van der Waals surface area (Å²) in [4.78, 5) is 10.9. The van der Waals surface area contributed by atoms with E-state index in [1.54, 1.807) is 12.1 Å². The van der Waals surface area contributed by atoms with Crippen LogP contribution in [0.5, 0.6) is 11.5 Å². The number of hydrogen-bond donors (Lipinski definition) is 2. The first-order chi connectivity index (χ1) is 8.01. The Morgan fingerprint density at radius 3 is 2.47 bits per heavy atom. The Kier molecular flexibility index (Phi) is 4.15. The van der Waals surface area contributed by atoms with Crippen LogP contribution >= 0.6 is 0 Å². The number of phenolic OH excluding ortho intramolecular Hbond substituents is 1. The fourth-order valence-electron chi connectivity index (χ4n) is 1.68. The largest absolute Gasteiger partial charge is 0.507 e. The molecule has 0 radical (unpaired) electrons. The van der Waals surface area contributed by atoms with Gasteiger partial charge in [0.05, 0.1) is 7.11 Å². The molecular formula is C13H16O4. The fraction of sp³-hybridized carbons (Fsp3) is 0.308. The van der Waals surface area contributed by atoms with Crippen molar-refractivity contribution < 1.29 is 19.7 Å². The lowest BCUT2D eigenvalue weighted by molar-refractivity contribution is -0.132. The smallest absolute Gasteiger partial charge is 0.331 e. The van der Waals surface area contributed by atoms with Crippen LogP contribution in [0.15, 0.2) is 23.8 Å². The second kappa shape index (κ2) is 5.39. The van der Waals surface area contributed by atoms with Gasteiger partial charge < -0.3 is 14.9 Å². The molecule has 0 aliphatic heterocycles. The first-order valence-electron chi connectivity index (χ1n) is 5.31. The van der Waals surface area contributed by atoms with E-state index in [2.05, 4.69) is 0 Å². The summed E-state index contributed by atoms with van der Waals surface area (Å²) in [5.41, 5.74) is 1.40. The molecule has 0 aromatic heterocycles. The second-order valence-electron chi connectivity index (χ2n) is 3.65. The van der Waals surface area contributed by atoms with Gasteiger partial charge >= 0.3 is 5.97 Å². The van der Waals surface area contributed by atoms with Crippen LogP contribution in [0.2, 0.25) is 0 Å². The summed E-state index contributed by atoms with van der Waals surface area (Å²) in [5.74, 6) is -0.409. The van der Waals surface area contributed by atoms with Gasteiger partial charge in [0.15, 0.2) is 0 Å². The Hall–Kier alpha value is -1.97. The Morgan fingerprint density at radius 1 is 1.41 bits per heavy atom. The number of aromatic hydroxyl groups is 1. The van der Waals surface area contributed by atoms with Gasteiger partial charge in [0.1, 0.15) is 11.5 Å². The van der Waals surface area contributed by atoms with Crippen molar-refractivity contribution in [3.63, 3.8) is 0 Å². The molecule has 4 heteroatoms. The van der Waals surface area contributed by atoms with Gasteiger partial charge in [-0.05, 0) is 31.1 Å². The number of phenols is 1. The number of hydrogen-bond acceptors (Lipinski definition) is 3. The number of aliphatic carboxylic acids is 1. The second-order valence-corrected chi connectivity index (χ2v) is 3.65. The predicted octanol–water partition coefficient (Wildman–Crippen LogP) is 2.67. The van der Waals surface area contributed by atoms with Crippen molar-refractivity contribution in [3.05, 3.63) is 29.3 Å². The van der Waals surface area contributed by atoms with Crippen LogP contribution in [0.4, 0.5) is 0 Å². The lowest BCUT2D eigenvalue weighted by Crippen LogP contribution is -2.01. The molecule has 1 aromatic carbocycles. The zero-order chi connectivity index (χ0) is 13.0. The first kappa shape index (κ1) is 13.1. The monoisotopic (exact) mass is 236 g/mol. The van der Waals surface area contributed by atoms with Crippen LogP contribution in [0.25, 0.3) is 5.57 Å². The Bertz CT molecular complexity index is 460. The first-order valence-corrected chi connectivity index (χ1v) is 5.31. The molecule has 0 amide bonds. The number of benzene rings is 1. The van der Waals surface area contributed by atoms with E-state index in [0.29, 0.717) is 23.3 Å². The number of carbonyl (C=O) groups is 1. The molecule has 1 rings (SSSR count). The molecule has 0 saturated carbocycles. The summed E-state index contributed by atoms with van der Waals surface area (Å²) in [6, 6.07) is 4.83. The number of carboxylic acids is 1. The molecule has 0 atom stereocenters. The van der Waals surface area contributed by atoms with Gasteiger partial charge in [-0.1, -0.05) is 6.92 Å². The SMILES string of the molecule is CC/C(=C(/C)C(=O)O)c1ccc(OC)cc1O. The predicted molar refractivity (Wildman–Crippen MR) is 65.2 cm³/mol. The van der Waals surface area contributed by atoms with E-state index in [4.69, 9.17) is 9.84 Å². The van der Waals surface area contributed by atoms with Crippen LogP contribution < -0.4 is 4.74 Å². The summed E-state index contributed by atoms with van der Waals surface area (Å²) >= 11 is 0. The molecule has 4 nitrogen and oxygen atoms in total. The number of rotatable bonds is 4. The van der Waals surface area contributed by atoms with E-state index >= 15 is 0 Å². The van der Waals surface area contributed by atoms with Crippen LogP contribution in [0.3, 0.4) is 0 Å². The molecule has 0 unspecified atom stereocenters. The van der Waals surface area contributed by atoms with Gasteiger partial charge in [0.25, 0.3) is 0 Å². The van der Waals surface area contributed by atoms with Gasteiger partial charge in [-0.15, -0.1) is 0 Å². The average molecular weight is 236 g/mol. The summed E-state index contributed by atoms with van der Waals surface area (Å²) < 4.78 is 4.98. The fourth-order valence-corrected chi connectivity index (χ4v) is 1.68. The van der Waals surface area contributed by atoms with Gasteiger partial charge in [0, 0.05) is 17.2 Å². The number of allylic oxidation sites excluding steroid dienone is 1. The van der Waals surface area contributed by atoms with Crippen LogP contribution in [0, 0.1) is 0 Å². The van der Waals surface area contributed by atoms with Crippen molar-refractivity contribution in [2.45, 2.75) is 20.3 Å². The quantitative estimate of drug-likeness (QED) is 0.789. The van der Waals surface area contributed by atoms with E-state index in [1.807, 2.05) is 6.92 Å². The average Bonchev–Trinajstić information content (AvgIpc) is 2.31. The van der Waals surface area contributed by atoms with Crippen molar-refractivity contribution in [2.24, 2.45) is 0 Å². The van der Waals surface area contributed by atoms with Crippen LogP contribution in [0.1, 0.15) is 25.8 Å². The number of carboxylic acid groups (broad SMARTS) is 1. The van der Waals surface area contributed by atoms with Crippen LogP contribution in [-0.4, -0.2) is 23.3 Å². The summed E-state index contributed by atoms with van der Waals surface area (Å²) in [5, 5.41) is 18.8. The molecule has 92 valence electrons. The highest BCUT2D eigenvalue weighted by atomic mass is 16.5. The highest BCUT2D eigenvalue weighted by Crippen LogP contribution is 2.32. The maximum Gasteiger partial charge on any atom is 0.331 e. The third-order valence-corrected chi connectivity index (χ3v) is 2.66. The minimum Gasteiger partial charge on any atom is -0.507 e. The molecular weight excluding hydrogens is 220 g/mol. The van der Waals surface area contributed by atoms with E-state index in [1.165, 1.54) is 20.1 Å². The third kappa shape index (κ3) is 2.78. The summed E-state index contributed by atoms with van der Waals surface area (Å²) in [6.07, 6.45) is 0.540. The minimum atomic E-state index is -0.975. The topological polar surface area (TPSA) is 66.8 Å². The standard InChI is InChI=1S/C13H16O4/c1-4-10(8(2)13(15)16)11-6-5-9(17-3)7-12(11)14/h5-7,14H,4H2,1-3H3,(H,15,16)/b10-8+. The molecule has 0 spiro atoms. The molecule has 1 aromatic rings.